The number of ketones is 1. The number of fused-ring (bicyclic) bond motifs is 1. The van der Waals surface area contributed by atoms with Gasteiger partial charge in [0.2, 0.25) is 0 Å². The van der Waals surface area contributed by atoms with Crippen LogP contribution in [0.3, 0.4) is 0 Å². The molecule has 1 heterocycles. The van der Waals surface area contributed by atoms with Crippen molar-refractivity contribution in [3.05, 3.63) is 34.8 Å². The second-order valence-electron chi connectivity index (χ2n) is 5.19. The Hall–Kier alpha value is -2.37. The van der Waals surface area contributed by atoms with Crippen LogP contribution >= 0.6 is 0 Å². The lowest BCUT2D eigenvalue weighted by Crippen LogP contribution is -2.38. The highest BCUT2D eigenvalue weighted by atomic mass is 16.5. The van der Waals surface area contributed by atoms with Crippen LogP contribution in [0.1, 0.15) is 20.8 Å². The SMILES string of the molecule is CCOC(=O)C(C)(C)C(=O)Cn1c(=O)oc2ccccc21. The van der Waals surface area contributed by atoms with Crippen molar-refractivity contribution in [2.24, 2.45) is 5.41 Å². The molecule has 0 saturated carbocycles. The number of hydrogen-bond donors (Lipinski definition) is 0. The fourth-order valence-corrected chi connectivity index (χ4v) is 1.93. The zero-order valence-electron chi connectivity index (χ0n) is 12.2. The lowest BCUT2D eigenvalue weighted by atomic mass is 9.88. The smallest absolute Gasteiger partial charge is 0.420 e. The molecule has 0 spiro atoms. The lowest BCUT2D eigenvalue weighted by Gasteiger charge is -2.20. The number of nitrogens with zero attached hydrogens (tertiary/aromatic N) is 1. The maximum atomic E-state index is 12.3. The standard InChI is InChI=1S/C15H17NO5/c1-4-20-13(18)15(2,3)12(17)9-16-10-7-5-6-8-11(10)21-14(16)19/h5-8H,4,9H2,1-3H3. The summed E-state index contributed by atoms with van der Waals surface area (Å²) in [6.45, 7) is 4.61. The van der Waals surface area contributed by atoms with E-state index in [-0.39, 0.29) is 13.2 Å². The molecule has 0 radical (unpaired) electrons. The molecular formula is C15H17NO5. The first-order chi connectivity index (χ1) is 9.87. The third kappa shape index (κ3) is 2.74. The van der Waals surface area contributed by atoms with E-state index in [4.69, 9.17) is 9.15 Å². The Morgan fingerprint density at radius 3 is 2.62 bits per heavy atom. The van der Waals surface area contributed by atoms with Crippen molar-refractivity contribution in [3.8, 4) is 0 Å². The van der Waals surface area contributed by atoms with E-state index in [9.17, 15) is 14.4 Å². The number of Topliss-reactive ketones (excluding diaryl/α,β-unsaturated/α-hetero) is 1. The molecule has 6 nitrogen and oxygen atoms in total. The molecule has 2 aromatic rings. The minimum Gasteiger partial charge on any atom is -0.465 e. The molecule has 0 unspecified atom stereocenters. The Morgan fingerprint density at radius 2 is 1.95 bits per heavy atom. The highest BCUT2D eigenvalue weighted by Crippen LogP contribution is 2.21. The van der Waals surface area contributed by atoms with Gasteiger partial charge in [0.1, 0.15) is 5.41 Å². The van der Waals surface area contributed by atoms with Gasteiger partial charge in [-0.15, -0.1) is 0 Å². The van der Waals surface area contributed by atoms with Crippen molar-refractivity contribution in [2.45, 2.75) is 27.3 Å². The fourth-order valence-electron chi connectivity index (χ4n) is 1.93. The Labute approximate surface area is 121 Å². The van der Waals surface area contributed by atoms with E-state index in [0.29, 0.717) is 11.1 Å². The van der Waals surface area contributed by atoms with Crippen molar-refractivity contribution >= 4 is 22.9 Å². The maximum Gasteiger partial charge on any atom is 0.420 e. The highest BCUT2D eigenvalue weighted by molar-refractivity contribution is 6.03. The Kier molecular flexibility index (Phi) is 3.97. The van der Waals surface area contributed by atoms with E-state index in [1.807, 2.05) is 0 Å². The maximum absolute atomic E-state index is 12.3. The van der Waals surface area contributed by atoms with Crippen molar-refractivity contribution < 1.29 is 18.7 Å². The number of rotatable bonds is 5. The van der Waals surface area contributed by atoms with Gasteiger partial charge in [-0.05, 0) is 32.9 Å². The molecule has 0 aliphatic rings. The van der Waals surface area contributed by atoms with E-state index < -0.39 is 22.9 Å². The number of ether oxygens (including phenoxy) is 1. The van der Waals surface area contributed by atoms with E-state index >= 15 is 0 Å². The van der Waals surface area contributed by atoms with Crippen LogP contribution in [0, 0.1) is 5.41 Å². The van der Waals surface area contributed by atoms with Gasteiger partial charge in [-0.3, -0.25) is 14.2 Å². The van der Waals surface area contributed by atoms with Gasteiger partial charge in [0.25, 0.3) is 0 Å². The number of benzene rings is 1. The predicted molar refractivity (Wildman–Crippen MR) is 75.9 cm³/mol. The van der Waals surface area contributed by atoms with E-state index in [2.05, 4.69) is 0 Å². The number of hydrogen-bond acceptors (Lipinski definition) is 5. The van der Waals surface area contributed by atoms with Crippen LogP contribution in [-0.4, -0.2) is 22.9 Å². The van der Waals surface area contributed by atoms with Crippen molar-refractivity contribution in [3.63, 3.8) is 0 Å². The third-order valence-electron chi connectivity index (χ3n) is 3.36. The number of carbonyl (C=O) groups is 2. The molecule has 0 aliphatic carbocycles. The van der Waals surface area contributed by atoms with Gasteiger partial charge in [-0.25, -0.2) is 4.79 Å². The first-order valence-electron chi connectivity index (χ1n) is 6.66. The number of aromatic nitrogens is 1. The van der Waals surface area contributed by atoms with Gasteiger partial charge in [0.05, 0.1) is 18.7 Å². The molecule has 1 aromatic heterocycles. The summed E-state index contributed by atoms with van der Waals surface area (Å²) in [5.41, 5.74) is -0.381. The average Bonchev–Trinajstić information content (AvgIpc) is 2.75. The minimum atomic E-state index is -1.31. The van der Waals surface area contributed by atoms with Crippen LogP contribution in [0.2, 0.25) is 0 Å². The topological polar surface area (TPSA) is 78.5 Å². The normalized spacial score (nSPS) is 11.6. The highest BCUT2D eigenvalue weighted by Gasteiger charge is 2.37. The second kappa shape index (κ2) is 5.55. The van der Waals surface area contributed by atoms with Crippen molar-refractivity contribution in [1.82, 2.24) is 4.57 Å². The fraction of sp³-hybridized carbons (Fsp3) is 0.400. The zero-order chi connectivity index (χ0) is 15.6. The summed E-state index contributed by atoms with van der Waals surface area (Å²) in [5.74, 6) is -1.63. The third-order valence-corrected chi connectivity index (χ3v) is 3.36. The number of carbonyl (C=O) groups excluding carboxylic acids is 2. The van der Waals surface area contributed by atoms with E-state index in [1.54, 1.807) is 31.2 Å². The van der Waals surface area contributed by atoms with Gasteiger partial charge < -0.3 is 9.15 Å². The average molecular weight is 291 g/mol. The Morgan fingerprint density at radius 1 is 1.29 bits per heavy atom. The number of oxazole rings is 1. The molecule has 0 aliphatic heterocycles. The van der Waals surface area contributed by atoms with Crippen LogP contribution < -0.4 is 5.76 Å². The Bertz CT molecular complexity index is 738. The molecule has 0 fully saturated rings. The molecule has 6 heteroatoms. The van der Waals surface area contributed by atoms with Crippen LogP contribution in [0.4, 0.5) is 0 Å². The molecule has 2 rings (SSSR count). The molecule has 0 bridgehead atoms. The summed E-state index contributed by atoms with van der Waals surface area (Å²) >= 11 is 0. The minimum absolute atomic E-state index is 0.199. The molecule has 0 atom stereocenters. The molecule has 0 saturated heterocycles. The summed E-state index contributed by atoms with van der Waals surface area (Å²) < 4.78 is 11.2. The molecule has 112 valence electrons. The largest absolute Gasteiger partial charge is 0.465 e. The monoisotopic (exact) mass is 291 g/mol. The first kappa shape index (κ1) is 15.0. The zero-order valence-corrected chi connectivity index (χ0v) is 12.2. The lowest BCUT2D eigenvalue weighted by molar-refractivity contribution is -0.158. The van der Waals surface area contributed by atoms with Crippen LogP contribution in [0.5, 0.6) is 0 Å². The molecular weight excluding hydrogens is 274 g/mol. The van der Waals surface area contributed by atoms with Gasteiger partial charge in [0, 0.05) is 0 Å². The Balaban J connectivity index is 2.32. The summed E-state index contributed by atoms with van der Waals surface area (Å²) in [6, 6.07) is 6.81. The van der Waals surface area contributed by atoms with Gasteiger partial charge in [0.15, 0.2) is 11.4 Å². The summed E-state index contributed by atoms with van der Waals surface area (Å²) in [4.78, 5) is 36.0. The molecule has 0 amide bonds. The first-order valence-corrected chi connectivity index (χ1v) is 6.66. The summed E-state index contributed by atoms with van der Waals surface area (Å²) in [5, 5.41) is 0. The summed E-state index contributed by atoms with van der Waals surface area (Å²) in [6.07, 6.45) is 0. The number of esters is 1. The molecule has 0 N–H and O–H groups in total. The van der Waals surface area contributed by atoms with Crippen LogP contribution in [0.15, 0.2) is 33.5 Å². The second-order valence-corrected chi connectivity index (χ2v) is 5.19. The van der Waals surface area contributed by atoms with E-state index in [0.717, 1.165) is 0 Å². The van der Waals surface area contributed by atoms with Gasteiger partial charge >= 0.3 is 11.7 Å². The predicted octanol–water partition coefficient (Wildman–Crippen LogP) is 1.75. The van der Waals surface area contributed by atoms with Gasteiger partial charge in [-0.2, -0.15) is 0 Å². The van der Waals surface area contributed by atoms with Crippen molar-refractivity contribution in [2.75, 3.05) is 6.61 Å². The summed E-state index contributed by atoms with van der Waals surface area (Å²) in [7, 11) is 0. The van der Waals surface area contributed by atoms with Gasteiger partial charge in [-0.1, -0.05) is 12.1 Å². The van der Waals surface area contributed by atoms with Crippen LogP contribution in [0.25, 0.3) is 11.1 Å². The van der Waals surface area contributed by atoms with Crippen LogP contribution in [-0.2, 0) is 20.9 Å². The molecule has 21 heavy (non-hydrogen) atoms. The number of para-hydroxylation sites is 2. The molecule has 1 aromatic carbocycles. The van der Waals surface area contributed by atoms with Crippen molar-refractivity contribution in [1.29, 1.82) is 0 Å². The van der Waals surface area contributed by atoms with E-state index in [1.165, 1.54) is 18.4 Å². The quantitative estimate of drug-likeness (QED) is 0.619.